The molecule has 1 fully saturated rings. The predicted octanol–water partition coefficient (Wildman–Crippen LogP) is 3.43. The Morgan fingerprint density at radius 1 is 1.45 bits per heavy atom. The number of benzene rings is 1. The van der Waals surface area contributed by atoms with E-state index in [1.54, 1.807) is 25.3 Å². The third-order valence-corrected chi connectivity index (χ3v) is 4.92. The Bertz CT molecular complexity index is 479. The van der Waals surface area contributed by atoms with Gasteiger partial charge in [0.1, 0.15) is 0 Å². The molecule has 3 atom stereocenters. The maximum absolute atomic E-state index is 10.3. The standard InChI is InChI=1S/C15H21Cl2NO2/c1-15(2)13(7-14(15)20-3)18-8-12(19)10-6-9(16)4-5-11(10)17/h4-6,12-14,18-19H,7-8H2,1-3H3. The van der Waals surface area contributed by atoms with Crippen molar-refractivity contribution in [2.75, 3.05) is 13.7 Å². The largest absolute Gasteiger partial charge is 0.387 e. The molecule has 3 unspecified atom stereocenters. The van der Waals surface area contributed by atoms with Gasteiger partial charge in [0.25, 0.3) is 0 Å². The number of ether oxygens (including phenoxy) is 1. The van der Waals surface area contributed by atoms with E-state index >= 15 is 0 Å². The lowest BCUT2D eigenvalue weighted by Gasteiger charge is -2.51. The summed E-state index contributed by atoms with van der Waals surface area (Å²) in [5.74, 6) is 0. The average molecular weight is 318 g/mol. The summed E-state index contributed by atoms with van der Waals surface area (Å²) in [6.45, 7) is 4.78. The van der Waals surface area contributed by atoms with E-state index in [2.05, 4.69) is 19.2 Å². The second-order valence-corrected chi connectivity index (χ2v) is 6.77. The first-order chi connectivity index (χ1) is 9.36. The molecule has 3 nitrogen and oxygen atoms in total. The van der Waals surface area contributed by atoms with Crippen LogP contribution in [0.4, 0.5) is 0 Å². The molecular weight excluding hydrogens is 297 g/mol. The number of methoxy groups -OCH3 is 1. The van der Waals surface area contributed by atoms with Gasteiger partial charge in [0.05, 0.1) is 12.2 Å². The van der Waals surface area contributed by atoms with Crippen LogP contribution in [-0.2, 0) is 4.74 Å². The summed E-state index contributed by atoms with van der Waals surface area (Å²) in [7, 11) is 1.74. The molecule has 0 spiro atoms. The molecule has 1 aliphatic carbocycles. The van der Waals surface area contributed by atoms with Crippen LogP contribution >= 0.6 is 23.2 Å². The van der Waals surface area contributed by atoms with Crippen molar-refractivity contribution < 1.29 is 9.84 Å². The first kappa shape index (κ1) is 16.1. The number of hydrogen-bond acceptors (Lipinski definition) is 3. The zero-order chi connectivity index (χ0) is 14.9. The Labute approximate surface area is 130 Å². The van der Waals surface area contributed by atoms with Gasteiger partial charge in [-0.3, -0.25) is 0 Å². The molecule has 2 N–H and O–H groups in total. The second kappa shape index (κ2) is 6.20. The van der Waals surface area contributed by atoms with E-state index in [9.17, 15) is 5.11 Å². The van der Waals surface area contributed by atoms with Crippen molar-refractivity contribution in [3.05, 3.63) is 33.8 Å². The Morgan fingerprint density at radius 2 is 2.15 bits per heavy atom. The molecule has 0 radical (unpaired) electrons. The van der Waals surface area contributed by atoms with Gasteiger partial charge in [-0.05, 0) is 24.6 Å². The fourth-order valence-electron chi connectivity index (χ4n) is 2.77. The maximum Gasteiger partial charge on any atom is 0.0929 e. The summed E-state index contributed by atoms with van der Waals surface area (Å²) < 4.78 is 5.42. The molecule has 112 valence electrons. The van der Waals surface area contributed by atoms with Crippen LogP contribution in [0.3, 0.4) is 0 Å². The molecule has 1 saturated carbocycles. The quantitative estimate of drug-likeness (QED) is 0.874. The van der Waals surface area contributed by atoms with Crippen molar-refractivity contribution in [2.24, 2.45) is 5.41 Å². The van der Waals surface area contributed by atoms with Crippen LogP contribution in [0.1, 0.15) is 31.9 Å². The molecule has 0 amide bonds. The van der Waals surface area contributed by atoms with Crippen molar-refractivity contribution in [3.63, 3.8) is 0 Å². The zero-order valence-corrected chi connectivity index (χ0v) is 13.5. The molecule has 20 heavy (non-hydrogen) atoms. The number of aliphatic hydroxyl groups is 1. The maximum atomic E-state index is 10.3. The van der Waals surface area contributed by atoms with E-state index in [0.29, 0.717) is 28.2 Å². The van der Waals surface area contributed by atoms with Gasteiger partial charge in [0, 0.05) is 40.7 Å². The molecule has 2 rings (SSSR count). The van der Waals surface area contributed by atoms with Gasteiger partial charge >= 0.3 is 0 Å². The van der Waals surface area contributed by atoms with Crippen LogP contribution in [0.15, 0.2) is 18.2 Å². The van der Waals surface area contributed by atoms with E-state index in [0.717, 1.165) is 6.42 Å². The van der Waals surface area contributed by atoms with Crippen molar-refractivity contribution in [2.45, 2.75) is 38.5 Å². The van der Waals surface area contributed by atoms with E-state index < -0.39 is 6.10 Å². The molecule has 1 aliphatic rings. The van der Waals surface area contributed by atoms with Gasteiger partial charge in [0.15, 0.2) is 0 Å². The number of hydrogen-bond donors (Lipinski definition) is 2. The van der Waals surface area contributed by atoms with Gasteiger partial charge in [-0.15, -0.1) is 0 Å². The lowest BCUT2D eigenvalue weighted by Crippen LogP contribution is -2.61. The molecule has 0 saturated heterocycles. The van der Waals surface area contributed by atoms with E-state index in [4.69, 9.17) is 27.9 Å². The van der Waals surface area contributed by atoms with Crippen LogP contribution in [0.5, 0.6) is 0 Å². The smallest absolute Gasteiger partial charge is 0.0929 e. The van der Waals surface area contributed by atoms with E-state index in [1.165, 1.54) is 0 Å². The van der Waals surface area contributed by atoms with Gasteiger partial charge in [0.2, 0.25) is 0 Å². The minimum atomic E-state index is -0.668. The molecule has 1 aromatic carbocycles. The highest BCUT2D eigenvalue weighted by Crippen LogP contribution is 2.42. The van der Waals surface area contributed by atoms with Crippen molar-refractivity contribution in [1.82, 2.24) is 5.32 Å². The Balaban J connectivity index is 1.93. The Kier molecular flexibility index (Phi) is 4.98. The topological polar surface area (TPSA) is 41.5 Å². The summed E-state index contributed by atoms with van der Waals surface area (Å²) in [5, 5.41) is 14.7. The zero-order valence-electron chi connectivity index (χ0n) is 12.0. The minimum absolute atomic E-state index is 0.0760. The Hall–Kier alpha value is -0.320. The van der Waals surface area contributed by atoms with Crippen LogP contribution in [0, 0.1) is 5.41 Å². The molecule has 1 aromatic rings. The summed E-state index contributed by atoms with van der Waals surface area (Å²) in [6, 6.07) is 5.46. The van der Waals surface area contributed by atoms with E-state index in [1.807, 2.05) is 0 Å². The molecular formula is C15H21Cl2NO2. The summed E-state index contributed by atoms with van der Waals surface area (Å²) in [6.07, 6.45) is 0.560. The van der Waals surface area contributed by atoms with Crippen LogP contribution in [-0.4, -0.2) is 30.9 Å². The monoisotopic (exact) mass is 317 g/mol. The van der Waals surface area contributed by atoms with Gasteiger partial charge in [-0.1, -0.05) is 37.0 Å². The van der Waals surface area contributed by atoms with Crippen molar-refractivity contribution >= 4 is 23.2 Å². The lowest BCUT2D eigenvalue weighted by molar-refractivity contribution is -0.0992. The summed E-state index contributed by atoms with van der Waals surface area (Å²) >= 11 is 12.0. The first-order valence-corrected chi connectivity index (χ1v) is 7.51. The van der Waals surface area contributed by atoms with Gasteiger partial charge in [-0.25, -0.2) is 0 Å². The van der Waals surface area contributed by atoms with Crippen LogP contribution in [0.25, 0.3) is 0 Å². The average Bonchev–Trinajstić information content (AvgIpc) is 2.40. The predicted molar refractivity (Wildman–Crippen MR) is 82.4 cm³/mol. The van der Waals surface area contributed by atoms with Gasteiger partial charge in [-0.2, -0.15) is 0 Å². The molecule has 0 aromatic heterocycles. The molecule has 0 heterocycles. The van der Waals surface area contributed by atoms with Crippen LogP contribution < -0.4 is 5.32 Å². The highest BCUT2D eigenvalue weighted by molar-refractivity contribution is 6.33. The number of nitrogens with one attached hydrogen (secondary N) is 1. The number of rotatable bonds is 5. The second-order valence-electron chi connectivity index (χ2n) is 5.92. The number of aliphatic hydroxyl groups excluding tert-OH is 1. The van der Waals surface area contributed by atoms with Crippen molar-refractivity contribution in [1.29, 1.82) is 0 Å². The first-order valence-electron chi connectivity index (χ1n) is 6.75. The minimum Gasteiger partial charge on any atom is -0.387 e. The molecule has 5 heteroatoms. The third kappa shape index (κ3) is 3.12. The lowest BCUT2D eigenvalue weighted by atomic mass is 9.64. The third-order valence-electron chi connectivity index (χ3n) is 4.34. The SMILES string of the molecule is COC1CC(NCC(O)c2cc(Cl)ccc2Cl)C1(C)C. The molecule has 0 aliphatic heterocycles. The highest BCUT2D eigenvalue weighted by atomic mass is 35.5. The number of halogens is 2. The van der Waals surface area contributed by atoms with Crippen LogP contribution in [0.2, 0.25) is 10.0 Å². The van der Waals surface area contributed by atoms with Crippen molar-refractivity contribution in [3.8, 4) is 0 Å². The normalized spacial score (nSPS) is 26.1. The van der Waals surface area contributed by atoms with Gasteiger partial charge < -0.3 is 15.2 Å². The summed E-state index contributed by atoms with van der Waals surface area (Å²) in [5.41, 5.74) is 0.735. The fraction of sp³-hybridized carbons (Fsp3) is 0.600. The Morgan fingerprint density at radius 3 is 2.75 bits per heavy atom. The highest BCUT2D eigenvalue weighted by Gasteiger charge is 2.48. The van der Waals surface area contributed by atoms with E-state index in [-0.39, 0.29) is 11.5 Å². The summed E-state index contributed by atoms with van der Waals surface area (Å²) in [4.78, 5) is 0. The fourth-order valence-corrected chi connectivity index (χ4v) is 3.19. The molecule has 0 bridgehead atoms.